The van der Waals surface area contributed by atoms with Crippen molar-refractivity contribution in [2.75, 3.05) is 28.4 Å². The van der Waals surface area contributed by atoms with E-state index in [1.807, 2.05) is 6.07 Å². The van der Waals surface area contributed by atoms with Crippen LogP contribution in [0.4, 0.5) is 0 Å². The monoisotopic (exact) mass is 415 g/mol. The maximum Gasteiger partial charge on any atom is 0.315 e. The fraction of sp³-hybridized carbons (Fsp3) is 0.522. The number of hydrogen-bond acceptors (Lipinski definition) is 7. The number of allylic oxidation sites excluding steroid dienone is 2. The zero-order valence-corrected chi connectivity index (χ0v) is 18.6. The number of aliphatic imine (C=N–C) groups is 1. The molecule has 0 saturated heterocycles. The number of ether oxygens (including phenoxy) is 4. The average molecular weight is 415 g/mol. The SMILES string of the molecule is COC(=O)C1C(C)=NC2=C(C(=O)CC(C)(C)C2)[C@@H]1c1ccc(OC)c(OC)c1OC. The zero-order valence-electron chi connectivity index (χ0n) is 18.6. The van der Waals surface area contributed by atoms with Crippen LogP contribution in [0.15, 0.2) is 28.4 Å². The minimum absolute atomic E-state index is 0.00626. The number of methoxy groups -OCH3 is 4. The third-order valence-corrected chi connectivity index (χ3v) is 5.83. The van der Waals surface area contributed by atoms with Gasteiger partial charge < -0.3 is 18.9 Å². The average Bonchev–Trinajstić information content (AvgIpc) is 2.69. The summed E-state index contributed by atoms with van der Waals surface area (Å²) >= 11 is 0. The highest BCUT2D eigenvalue weighted by molar-refractivity contribution is 6.09. The van der Waals surface area contributed by atoms with Crippen LogP contribution in [-0.4, -0.2) is 45.9 Å². The van der Waals surface area contributed by atoms with Gasteiger partial charge >= 0.3 is 5.97 Å². The second kappa shape index (κ2) is 8.13. The van der Waals surface area contributed by atoms with Crippen LogP contribution in [0.2, 0.25) is 0 Å². The maximum atomic E-state index is 13.3. The van der Waals surface area contributed by atoms with Crippen LogP contribution in [0.5, 0.6) is 17.2 Å². The molecule has 3 rings (SSSR count). The second-order valence-electron chi connectivity index (χ2n) is 8.46. The van der Waals surface area contributed by atoms with Crippen molar-refractivity contribution < 1.29 is 28.5 Å². The van der Waals surface area contributed by atoms with Crippen molar-refractivity contribution in [3.8, 4) is 17.2 Å². The van der Waals surface area contributed by atoms with Crippen LogP contribution in [0.3, 0.4) is 0 Å². The Kier molecular flexibility index (Phi) is 5.92. The van der Waals surface area contributed by atoms with E-state index in [-0.39, 0.29) is 11.2 Å². The Morgan fingerprint density at radius 1 is 1.03 bits per heavy atom. The Hall–Kier alpha value is -2.83. The molecule has 30 heavy (non-hydrogen) atoms. The molecule has 1 aliphatic heterocycles. The molecular weight excluding hydrogens is 386 g/mol. The molecule has 2 atom stereocenters. The number of hydrogen-bond donors (Lipinski definition) is 0. The van der Waals surface area contributed by atoms with Gasteiger partial charge in [0.15, 0.2) is 17.3 Å². The van der Waals surface area contributed by atoms with Crippen molar-refractivity contribution in [3.63, 3.8) is 0 Å². The van der Waals surface area contributed by atoms with Gasteiger partial charge in [-0.3, -0.25) is 14.6 Å². The van der Waals surface area contributed by atoms with E-state index >= 15 is 0 Å². The summed E-state index contributed by atoms with van der Waals surface area (Å²) < 4.78 is 21.7. The number of rotatable bonds is 5. The van der Waals surface area contributed by atoms with E-state index < -0.39 is 17.8 Å². The Morgan fingerprint density at radius 3 is 2.27 bits per heavy atom. The summed E-state index contributed by atoms with van der Waals surface area (Å²) in [4.78, 5) is 30.8. The summed E-state index contributed by atoms with van der Waals surface area (Å²) in [5, 5.41) is 0. The van der Waals surface area contributed by atoms with Gasteiger partial charge in [0.2, 0.25) is 5.75 Å². The molecule has 1 aromatic rings. The number of carbonyl (C=O) groups is 2. The second-order valence-corrected chi connectivity index (χ2v) is 8.46. The van der Waals surface area contributed by atoms with Gasteiger partial charge in [-0.1, -0.05) is 19.9 Å². The molecule has 162 valence electrons. The van der Waals surface area contributed by atoms with Gasteiger partial charge in [-0.25, -0.2) is 0 Å². The van der Waals surface area contributed by atoms with Gasteiger partial charge in [0.05, 0.1) is 28.4 Å². The van der Waals surface area contributed by atoms with E-state index in [1.54, 1.807) is 20.1 Å². The molecule has 7 nitrogen and oxygen atoms in total. The van der Waals surface area contributed by atoms with Crippen LogP contribution in [0.1, 0.15) is 45.1 Å². The third-order valence-electron chi connectivity index (χ3n) is 5.83. The molecular formula is C23H29NO6. The molecule has 1 unspecified atom stereocenters. The first-order chi connectivity index (χ1) is 14.2. The molecule has 0 fully saturated rings. The number of benzene rings is 1. The zero-order chi connectivity index (χ0) is 22.2. The lowest BCUT2D eigenvalue weighted by Gasteiger charge is -2.39. The quantitative estimate of drug-likeness (QED) is 0.682. The lowest BCUT2D eigenvalue weighted by molar-refractivity contribution is -0.143. The maximum absolute atomic E-state index is 13.3. The van der Waals surface area contributed by atoms with Gasteiger partial charge in [-0.15, -0.1) is 0 Å². The molecule has 2 aliphatic rings. The van der Waals surface area contributed by atoms with E-state index in [0.717, 1.165) is 5.70 Å². The Morgan fingerprint density at radius 2 is 1.70 bits per heavy atom. The molecule has 1 aliphatic carbocycles. The minimum Gasteiger partial charge on any atom is -0.493 e. The van der Waals surface area contributed by atoms with Crippen molar-refractivity contribution in [2.24, 2.45) is 16.3 Å². The van der Waals surface area contributed by atoms with Gasteiger partial charge in [-0.05, 0) is 24.8 Å². The molecule has 0 radical (unpaired) electrons. The third kappa shape index (κ3) is 3.57. The highest BCUT2D eigenvalue weighted by atomic mass is 16.5. The van der Waals surface area contributed by atoms with Crippen molar-refractivity contribution in [3.05, 3.63) is 29.0 Å². The molecule has 0 saturated carbocycles. The number of ketones is 1. The highest BCUT2D eigenvalue weighted by Gasteiger charge is 2.47. The summed E-state index contributed by atoms with van der Waals surface area (Å²) in [7, 11) is 5.93. The lowest BCUT2D eigenvalue weighted by Crippen LogP contribution is -2.39. The fourth-order valence-electron chi connectivity index (χ4n) is 4.58. The molecule has 0 N–H and O–H groups in total. The molecule has 0 bridgehead atoms. The first-order valence-electron chi connectivity index (χ1n) is 9.87. The first-order valence-corrected chi connectivity index (χ1v) is 9.87. The summed E-state index contributed by atoms with van der Waals surface area (Å²) in [6.07, 6.45) is 1.05. The van der Waals surface area contributed by atoms with Crippen LogP contribution in [0, 0.1) is 11.3 Å². The largest absolute Gasteiger partial charge is 0.493 e. The summed E-state index contributed by atoms with van der Waals surface area (Å²) in [5.41, 5.74) is 2.38. The first kappa shape index (κ1) is 21.9. The van der Waals surface area contributed by atoms with Gasteiger partial charge in [0, 0.05) is 34.9 Å². The molecule has 0 amide bonds. The number of nitrogens with zero attached hydrogens (tertiary/aromatic N) is 1. The molecule has 0 aromatic heterocycles. The van der Waals surface area contributed by atoms with Crippen molar-refractivity contribution in [1.82, 2.24) is 0 Å². The van der Waals surface area contributed by atoms with Crippen molar-refractivity contribution in [2.45, 2.75) is 39.5 Å². The van der Waals surface area contributed by atoms with Crippen LogP contribution < -0.4 is 14.2 Å². The Balaban J connectivity index is 2.31. The standard InChI is InChI=1S/C23H29NO6/c1-12-17(22(26)30-7)18(19-14(24-12)10-23(2,3)11-15(19)25)13-8-9-16(27-4)21(29-6)20(13)28-5/h8-9,17-18H,10-11H2,1-7H3/t17?,18-/m1/s1. The lowest BCUT2D eigenvalue weighted by atomic mass is 9.66. The topological polar surface area (TPSA) is 83.4 Å². The van der Waals surface area contributed by atoms with E-state index in [4.69, 9.17) is 18.9 Å². The van der Waals surface area contributed by atoms with Crippen molar-refractivity contribution in [1.29, 1.82) is 0 Å². The number of Topliss-reactive ketones (excluding diaryl/α,β-unsaturated/α-hetero) is 1. The van der Waals surface area contributed by atoms with Gasteiger partial charge in [0.25, 0.3) is 0 Å². The van der Waals surface area contributed by atoms with E-state index in [0.29, 0.717) is 46.9 Å². The van der Waals surface area contributed by atoms with Crippen LogP contribution in [0.25, 0.3) is 0 Å². The predicted octanol–water partition coefficient (Wildman–Crippen LogP) is 3.70. The number of esters is 1. The van der Waals surface area contributed by atoms with Gasteiger partial charge in [0.1, 0.15) is 5.92 Å². The highest BCUT2D eigenvalue weighted by Crippen LogP contribution is 2.52. The number of carbonyl (C=O) groups excluding carboxylic acids is 2. The van der Waals surface area contributed by atoms with E-state index in [2.05, 4.69) is 18.8 Å². The predicted molar refractivity (Wildman–Crippen MR) is 113 cm³/mol. The van der Waals surface area contributed by atoms with Crippen LogP contribution in [-0.2, 0) is 14.3 Å². The molecule has 1 aromatic carbocycles. The van der Waals surface area contributed by atoms with Crippen LogP contribution >= 0.6 is 0 Å². The summed E-state index contributed by atoms with van der Waals surface area (Å²) in [6, 6.07) is 3.57. The molecule has 1 heterocycles. The molecule has 0 spiro atoms. The fourth-order valence-corrected chi connectivity index (χ4v) is 4.58. The van der Waals surface area contributed by atoms with E-state index in [1.165, 1.54) is 21.3 Å². The van der Waals surface area contributed by atoms with Crippen molar-refractivity contribution >= 4 is 17.5 Å². The van der Waals surface area contributed by atoms with E-state index in [9.17, 15) is 9.59 Å². The smallest absolute Gasteiger partial charge is 0.315 e. The summed E-state index contributed by atoms with van der Waals surface area (Å²) in [6.45, 7) is 5.91. The Bertz CT molecular complexity index is 943. The Labute approximate surface area is 177 Å². The van der Waals surface area contributed by atoms with Gasteiger partial charge in [-0.2, -0.15) is 0 Å². The normalized spacial score (nSPS) is 22.8. The summed E-state index contributed by atoms with van der Waals surface area (Å²) in [5.74, 6) is -0.425. The molecule has 7 heteroatoms. The minimum atomic E-state index is -0.731.